The Morgan fingerprint density at radius 1 is 1.26 bits per heavy atom. The van der Waals surface area contributed by atoms with Crippen LogP contribution in [0.5, 0.6) is 0 Å². The molecule has 7 heteroatoms. The second kappa shape index (κ2) is 6.20. The van der Waals surface area contributed by atoms with E-state index >= 15 is 0 Å². The number of benzene rings is 1. The molecule has 1 aromatic carbocycles. The lowest BCUT2D eigenvalue weighted by atomic mass is 10.1. The third-order valence-electron chi connectivity index (χ3n) is 4.01. The van der Waals surface area contributed by atoms with Crippen LogP contribution in [0, 0.1) is 0 Å². The topological polar surface area (TPSA) is 71.3 Å². The van der Waals surface area contributed by atoms with Gasteiger partial charge in [0.1, 0.15) is 6.54 Å². The van der Waals surface area contributed by atoms with Gasteiger partial charge >= 0.3 is 0 Å². The Kier molecular flexibility index (Phi) is 4.10. The van der Waals surface area contributed by atoms with E-state index in [2.05, 4.69) is 10.3 Å². The van der Waals surface area contributed by atoms with Crippen molar-refractivity contribution in [2.75, 3.05) is 18.5 Å². The van der Waals surface area contributed by atoms with Crippen molar-refractivity contribution < 1.29 is 9.59 Å². The molecule has 0 saturated carbocycles. The molecular weight excluding hydrogens is 294 g/mol. The number of aromatic nitrogens is 3. The molecule has 2 amide bonds. The molecule has 0 N–H and O–H groups in total. The number of anilines is 1. The summed E-state index contributed by atoms with van der Waals surface area (Å²) in [6.07, 6.45) is 1.91. The second-order valence-corrected chi connectivity index (χ2v) is 5.57. The van der Waals surface area contributed by atoms with Gasteiger partial charge in [-0.1, -0.05) is 23.4 Å². The largest absolute Gasteiger partial charge is 0.329 e. The molecule has 1 aromatic heterocycles. The van der Waals surface area contributed by atoms with Gasteiger partial charge in [-0.05, 0) is 18.6 Å². The minimum absolute atomic E-state index is 0.0753. The van der Waals surface area contributed by atoms with Crippen LogP contribution in [-0.2, 0) is 29.1 Å². The second-order valence-electron chi connectivity index (χ2n) is 5.57. The third kappa shape index (κ3) is 3.08. The average molecular weight is 313 g/mol. The lowest BCUT2D eigenvalue weighted by Gasteiger charge is -2.19. The first-order valence-corrected chi connectivity index (χ1v) is 7.59. The number of hydrogen-bond acceptors (Lipinski definition) is 4. The number of para-hydroxylation sites is 1. The maximum Gasteiger partial charge on any atom is 0.246 e. The Hall–Kier alpha value is -2.70. The van der Waals surface area contributed by atoms with E-state index in [1.54, 1.807) is 27.7 Å². The zero-order valence-corrected chi connectivity index (χ0v) is 13.3. The summed E-state index contributed by atoms with van der Waals surface area (Å²) in [6, 6.07) is 7.65. The molecule has 0 radical (unpaired) electrons. The van der Waals surface area contributed by atoms with Crippen LogP contribution >= 0.6 is 0 Å². The van der Waals surface area contributed by atoms with Crippen LogP contribution in [0.3, 0.4) is 0 Å². The van der Waals surface area contributed by atoms with E-state index < -0.39 is 0 Å². The highest BCUT2D eigenvalue weighted by Gasteiger charge is 2.26. The average Bonchev–Trinajstić information content (AvgIpc) is 2.96. The molecule has 0 saturated heterocycles. The van der Waals surface area contributed by atoms with Crippen molar-refractivity contribution in [1.29, 1.82) is 0 Å². The Morgan fingerprint density at radius 2 is 2.04 bits per heavy atom. The van der Waals surface area contributed by atoms with Crippen LogP contribution in [0.2, 0.25) is 0 Å². The van der Waals surface area contributed by atoms with E-state index in [1.807, 2.05) is 31.2 Å². The van der Waals surface area contributed by atoms with Crippen molar-refractivity contribution >= 4 is 17.5 Å². The van der Waals surface area contributed by atoms with E-state index in [0.29, 0.717) is 18.8 Å². The standard InChI is InChI=1S/C16H19N5O2/c1-3-21-10-13(17-18-21)8-15(22)20-9-12-6-4-5-7-14(12)19(2)16(23)11-20/h4-7,10H,3,8-9,11H2,1-2H3. The van der Waals surface area contributed by atoms with Crippen molar-refractivity contribution in [3.05, 3.63) is 41.7 Å². The quantitative estimate of drug-likeness (QED) is 0.842. The molecular formula is C16H19N5O2. The Balaban J connectivity index is 1.80. The molecule has 0 atom stereocenters. The van der Waals surface area contributed by atoms with Gasteiger partial charge in [0.05, 0.1) is 12.1 Å². The van der Waals surface area contributed by atoms with Crippen LogP contribution in [0.1, 0.15) is 18.2 Å². The molecule has 3 rings (SSSR count). The number of rotatable bonds is 3. The fourth-order valence-corrected chi connectivity index (χ4v) is 2.65. The molecule has 2 aromatic rings. The number of carbonyl (C=O) groups excluding carboxylic acids is 2. The highest BCUT2D eigenvalue weighted by Crippen LogP contribution is 2.24. The van der Waals surface area contributed by atoms with Gasteiger partial charge in [-0.3, -0.25) is 14.3 Å². The predicted octanol–water partition coefficient (Wildman–Crippen LogP) is 0.846. The normalized spacial score (nSPS) is 14.6. The number of amides is 2. The molecule has 23 heavy (non-hydrogen) atoms. The molecule has 0 bridgehead atoms. The van der Waals surface area contributed by atoms with Gasteiger partial charge in [0.15, 0.2) is 0 Å². The SMILES string of the molecule is CCn1cc(CC(=O)N2CC(=O)N(C)c3ccccc3C2)nn1. The maximum absolute atomic E-state index is 12.6. The minimum Gasteiger partial charge on any atom is -0.329 e. The van der Waals surface area contributed by atoms with E-state index in [1.165, 1.54) is 0 Å². The molecule has 2 heterocycles. The number of hydrogen-bond donors (Lipinski definition) is 0. The van der Waals surface area contributed by atoms with Gasteiger partial charge in [0, 0.05) is 32.0 Å². The van der Waals surface area contributed by atoms with Crippen LogP contribution < -0.4 is 4.90 Å². The first kappa shape index (κ1) is 15.2. The summed E-state index contributed by atoms with van der Waals surface area (Å²) in [5.41, 5.74) is 2.44. The highest BCUT2D eigenvalue weighted by molar-refractivity contribution is 5.98. The Bertz CT molecular complexity index is 740. The Labute approximate surface area is 134 Å². The van der Waals surface area contributed by atoms with E-state index in [9.17, 15) is 9.59 Å². The number of aryl methyl sites for hydroxylation is 1. The van der Waals surface area contributed by atoms with E-state index in [4.69, 9.17) is 0 Å². The molecule has 7 nitrogen and oxygen atoms in total. The van der Waals surface area contributed by atoms with Gasteiger partial charge in [0.25, 0.3) is 0 Å². The van der Waals surface area contributed by atoms with Gasteiger partial charge < -0.3 is 9.80 Å². The van der Waals surface area contributed by atoms with Gasteiger partial charge in [-0.2, -0.15) is 0 Å². The van der Waals surface area contributed by atoms with Crippen LogP contribution in [0.15, 0.2) is 30.5 Å². The number of carbonyl (C=O) groups is 2. The van der Waals surface area contributed by atoms with Gasteiger partial charge in [0.2, 0.25) is 11.8 Å². The van der Waals surface area contributed by atoms with Crippen LogP contribution in [0.4, 0.5) is 5.69 Å². The van der Waals surface area contributed by atoms with Crippen molar-refractivity contribution in [1.82, 2.24) is 19.9 Å². The first-order chi connectivity index (χ1) is 11.1. The summed E-state index contributed by atoms with van der Waals surface area (Å²) in [6.45, 7) is 3.17. The molecule has 0 spiro atoms. The van der Waals surface area contributed by atoms with Crippen LogP contribution in [0.25, 0.3) is 0 Å². The van der Waals surface area contributed by atoms with Gasteiger partial charge in [-0.25, -0.2) is 0 Å². The fourth-order valence-electron chi connectivity index (χ4n) is 2.65. The van der Waals surface area contributed by atoms with Crippen LogP contribution in [-0.4, -0.2) is 45.3 Å². The predicted molar refractivity (Wildman–Crippen MR) is 84.7 cm³/mol. The molecule has 0 fully saturated rings. The zero-order chi connectivity index (χ0) is 16.4. The zero-order valence-electron chi connectivity index (χ0n) is 13.3. The van der Waals surface area contributed by atoms with E-state index in [0.717, 1.165) is 11.3 Å². The molecule has 1 aliphatic heterocycles. The van der Waals surface area contributed by atoms with Crippen molar-refractivity contribution in [2.45, 2.75) is 26.4 Å². The monoisotopic (exact) mass is 313 g/mol. The number of nitrogens with zero attached hydrogens (tertiary/aromatic N) is 5. The third-order valence-corrected chi connectivity index (χ3v) is 4.01. The summed E-state index contributed by atoms with van der Waals surface area (Å²) >= 11 is 0. The van der Waals surface area contributed by atoms with E-state index in [-0.39, 0.29) is 24.8 Å². The molecule has 0 aliphatic carbocycles. The number of fused-ring (bicyclic) bond motifs is 1. The van der Waals surface area contributed by atoms with Crippen molar-refractivity contribution in [3.63, 3.8) is 0 Å². The number of likely N-dealkylation sites (N-methyl/N-ethyl adjacent to an activating group) is 1. The lowest BCUT2D eigenvalue weighted by Crippen LogP contribution is -2.39. The summed E-state index contributed by atoms with van der Waals surface area (Å²) in [5.74, 6) is -0.216. The molecule has 1 aliphatic rings. The minimum atomic E-state index is -0.119. The lowest BCUT2D eigenvalue weighted by molar-refractivity contribution is -0.135. The van der Waals surface area contributed by atoms with Crippen molar-refractivity contribution in [3.8, 4) is 0 Å². The summed E-state index contributed by atoms with van der Waals surface area (Å²) in [4.78, 5) is 28.0. The smallest absolute Gasteiger partial charge is 0.246 e. The first-order valence-electron chi connectivity index (χ1n) is 7.59. The van der Waals surface area contributed by atoms with Crippen molar-refractivity contribution in [2.24, 2.45) is 0 Å². The molecule has 120 valence electrons. The maximum atomic E-state index is 12.6. The highest BCUT2D eigenvalue weighted by atomic mass is 16.2. The summed E-state index contributed by atoms with van der Waals surface area (Å²) < 4.78 is 1.68. The molecule has 0 unspecified atom stereocenters. The summed E-state index contributed by atoms with van der Waals surface area (Å²) in [5, 5.41) is 7.93. The Morgan fingerprint density at radius 3 is 2.78 bits per heavy atom. The van der Waals surface area contributed by atoms with Gasteiger partial charge in [-0.15, -0.1) is 5.10 Å². The fraction of sp³-hybridized carbons (Fsp3) is 0.375. The summed E-state index contributed by atoms with van der Waals surface area (Å²) in [7, 11) is 1.74.